The van der Waals surface area contributed by atoms with Crippen molar-refractivity contribution in [1.29, 1.82) is 5.26 Å². The number of nitrogens with one attached hydrogen (secondary N) is 1. The Morgan fingerprint density at radius 3 is 2.57 bits per heavy atom. The van der Waals surface area contributed by atoms with Gasteiger partial charge in [-0.2, -0.15) is 5.26 Å². The quantitative estimate of drug-likeness (QED) is 0.784. The van der Waals surface area contributed by atoms with Gasteiger partial charge in [0.15, 0.2) is 0 Å². The monoisotopic (exact) mass is 210 g/mol. The number of hydrogen-bond donors (Lipinski definition) is 1. The third-order valence-electron chi connectivity index (χ3n) is 1.90. The molecule has 0 saturated heterocycles. The highest BCUT2D eigenvalue weighted by atomic mass is 32.2. The lowest BCUT2D eigenvalue weighted by molar-refractivity contribution is 0.588. The summed E-state index contributed by atoms with van der Waals surface area (Å²) in [6, 6.07) is 6.61. The summed E-state index contributed by atoms with van der Waals surface area (Å²) in [7, 11) is -2.22. The van der Waals surface area contributed by atoms with Crippen LogP contribution in [0.15, 0.2) is 23.1 Å². The Morgan fingerprint density at radius 1 is 1.43 bits per heavy atom. The number of benzene rings is 1. The van der Waals surface area contributed by atoms with Crippen molar-refractivity contribution in [2.45, 2.75) is 11.8 Å². The topological polar surface area (TPSA) is 70.0 Å². The maximum absolute atomic E-state index is 11.5. The molecule has 0 aliphatic carbocycles. The molecular formula is C9H10N2O2S. The number of sulfonamides is 1. The molecule has 0 aliphatic rings. The molecule has 0 spiro atoms. The second-order valence-corrected chi connectivity index (χ2v) is 4.62. The lowest BCUT2D eigenvalue weighted by Crippen LogP contribution is -2.20. The van der Waals surface area contributed by atoms with Gasteiger partial charge in [0.25, 0.3) is 0 Å². The fourth-order valence-electron chi connectivity index (χ4n) is 1.12. The molecule has 0 bridgehead atoms. The van der Waals surface area contributed by atoms with E-state index in [1.165, 1.54) is 13.1 Å². The van der Waals surface area contributed by atoms with Gasteiger partial charge in [0.2, 0.25) is 10.0 Å². The van der Waals surface area contributed by atoms with Gasteiger partial charge in [-0.25, -0.2) is 13.1 Å². The van der Waals surface area contributed by atoms with Gasteiger partial charge in [0, 0.05) is 0 Å². The summed E-state index contributed by atoms with van der Waals surface area (Å²) in [6.45, 7) is 1.70. The van der Waals surface area contributed by atoms with Crippen molar-refractivity contribution in [3.63, 3.8) is 0 Å². The average Bonchev–Trinajstić information content (AvgIpc) is 2.17. The number of nitrogens with zero attached hydrogens (tertiary/aromatic N) is 1. The molecule has 0 fully saturated rings. The third-order valence-corrected chi connectivity index (χ3v) is 3.36. The molecule has 14 heavy (non-hydrogen) atoms. The molecular weight excluding hydrogens is 200 g/mol. The maximum atomic E-state index is 11.5. The minimum atomic E-state index is -3.54. The first-order chi connectivity index (χ1) is 6.53. The largest absolute Gasteiger partial charge is 0.241 e. The van der Waals surface area contributed by atoms with E-state index in [2.05, 4.69) is 4.72 Å². The molecule has 5 heteroatoms. The highest BCUT2D eigenvalue weighted by Crippen LogP contribution is 2.17. The van der Waals surface area contributed by atoms with E-state index in [4.69, 9.17) is 5.26 Å². The Bertz CT molecular complexity index is 486. The number of aryl methyl sites for hydroxylation is 1. The predicted octanol–water partition coefficient (Wildman–Crippen LogP) is 0.775. The van der Waals surface area contributed by atoms with Crippen LogP contribution in [-0.2, 0) is 10.0 Å². The van der Waals surface area contributed by atoms with E-state index in [9.17, 15) is 8.42 Å². The molecule has 1 aromatic rings. The van der Waals surface area contributed by atoms with Crippen LogP contribution in [0.5, 0.6) is 0 Å². The zero-order chi connectivity index (χ0) is 10.8. The molecule has 0 amide bonds. The molecule has 1 aromatic carbocycles. The normalized spacial score (nSPS) is 10.9. The number of hydrogen-bond acceptors (Lipinski definition) is 3. The first kappa shape index (κ1) is 10.7. The molecule has 1 rings (SSSR count). The Balaban J connectivity index is 3.53. The van der Waals surface area contributed by atoms with E-state index in [1.807, 2.05) is 6.07 Å². The van der Waals surface area contributed by atoms with E-state index in [1.54, 1.807) is 19.1 Å². The van der Waals surface area contributed by atoms with Crippen molar-refractivity contribution < 1.29 is 8.42 Å². The predicted molar refractivity (Wildman–Crippen MR) is 52.1 cm³/mol. The van der Waals surface area contributed by atoms with Crippen molar-refractivity contribution in [2.24, 2.45) is 0 Å². The summed E-state index contributed by atoms with van der Waals surface area (Å²) in [6.07, 6.45) is 0. The van der Waals surface area contributed by atoms with Gasteiger partial charge in [-0.3, -0.25) is 0 Å². The molecule has 0 atom stereocenters. The van der Waals surface area contributed by atoms with Crippen LogP contribution in [0.3, 0.4) is 0 Å². The molecule has 1 N–H and O–H groups in total. The molecule has 0 unspecified atom stereocenters. The first-order valence-electron chi connectivity index (χ1n) is 3.96. The van der Waals surface area contributed by atoms with Gasteiger partial charge in [-0.1, -0.05) is 12.1 Å². The fourth-order valence-corrected chi connectivity index (χ4v) is 2.07. The first-order valence-corrected chi connectivity index (χ1v) is 5.44. The molecule has 0 radical (unpaired) electrons. The molecule has 74 valence electrons. The summed E-state index contributed by atoms with van der Waals surface area (Å²) in [4.78, 5) is 0.0301. The summed E-state index contributed by atoms with van der Waals surface area (Å²) >= 11 is 0. The standard InChI is InChI=1S/C9H10N2O2S/c1-7-4-3-5-9(8(7)6-10)14(12,13)11-2/h3-5,11H,1-2H3. The fraction of sp³-hybridized carbons (Fsp3) is 0.222. The maximum Gasteiger partial charge on any atom is 0.241 e. The molecule has 0 aliphatic heterocycles. The second kappa shape index (κ2) is 3.78. The van der Waals surface area contributed by atoms with Crippen molar-refractivity contribution in [3.05, 3.63) is 29.3 Å². The van der Waals surface area contributed by atoms with Gasteiger partial charge in [0.1, 0.15) is 6.07 Å². The van der Waals surface area contributed by atoms with Crippen LogP contribution in [0.4, 0.5) is 0 Å². The highest BCUT2D eigenvalue weighted by Gasteiger charge is 2.17. The molecule has 0 aromatic heterocycles. The second-order valence-electron chi connectivity index (χ2n) is 2.77. The highest BCUT2D eigenvalue weighted by molar-refractivity contribution is 7.89. The van der Waals surface area contributed by atoms with Gasteiger partial charge in [-0.15, -0.1) is 0 Å². The van der Waals surface area contributed by atoms with Gasteiger partial charge in [-0.05, 0) is 25.6 Å². The van der Waals surface area contributed by atoms with E-state index in [0.29, 0.717) is 5.56 Å². The third kappa shape index (κ3) is 1.76. The zero-order valence-electron chi connectivity index (χ0n) is 7.90. The minimum absolute atomic E-state index is 0.0301. The number of rotatable bonds is 2. The van der Waals surface area contributed by atoms with Gasteiger partial charge < -0.3 is 0 Å². The SMILES string of the molecule is CNS(=O)(=O)c1cccc(C)c1C#N. The van der Waals surface area contributed by atoms with Crippen LogP contribution in [0.2, 0.25) is 0 Å². The number of nitriles is 1. The zero-order valence-corrected chi connectivity index (χ0v) is 8.72. The van der Waals surface area contributed by atoms with Crippen molar-refractivity contribution in [2.75, 3.05) is 7.05 Å². The van der Waals surface area contributed by atoms with Crippen LogP contribution < -0.4 is 4.72 Å². The van der Waals surface area contributed by atoms with Crippen LogP contribution in [-0.4, -0.2) is 15.5 Å². The van der Waals surface area contributed by atoms with E-state index in [-0.39, 0.29) is 10.5 Å². The van der Waals surface area contributed by atoms with Crippen LogP contribution in [0.25, 0.3) is 0 Å². The summed E-state index contributed by atoms with van der Waals surface area (Å²) < 4.78 is 25.1. The summed E-state index contributed by atoms with van der Waals surface area (Å²) in [5.41, 5.74) is 0.852. The van der Waals surface area contributed by atoms with E-state index >= 15 is 0 Å². The summed E-state index contributed by atoms with van der Waals surface area (Å²) in [5.74, 6) is 0. The smallest absolute Gasteiger partial charge is 0.214 e. The Morgan fingerprint density at radius 2 is 2.07 bits per heavy atom. The lowest BCUT2D eigenvalue weighted by Gasteiger charge is -2.05. The molecule has 4 nitrogen and oxygen atoms in total. The Kier molecular flexibility index (Phi) is 2.89. The minimum Gasteiger partial charge on any atom is -0.214 e. The summed E-state index contributed by atoms with van der Waals surface area (Å²) in [5, 5.41) is 8.82. The van der Waals surface area contributed by atoms with Crippen LogP contribution >= 0.6 is 0 Å². The average molecular weight is 210 g/mol. The van der Waals surface area contributed by atoms with Crippen molar-refractivity contribution >= 4 is 10.0 Å². The van der Waals surface area contributed by atoms with Gasteiger partial charge >= 0.3 is 0 Å². The van der Waals surface area contributed by atoms with E-state index < -0.39 is 10.0 Å². The lowest BCUT2D eigenvalue weighted by atomic mass is 10.1. The Labute approximate surface area is 83.2 Å². The Hall–Kier alpha value is -1.38. The van der Waals surface area contributed by atoms with Gasteiger partial charge in [0.05, 0.1) is 10.5 Å². The van der Waals surface area contributed by atoms with Crippen LogP contribution in [0.1, 0.15) is 11.1 Å². The molecule has 0 saturated carbocycles. The van der Waals surface area contributed by atoms with Crippen molar-refractivity contribution in [3.8, 4) is 6.07 Å². The van der Waals surface area contributed by atoms with Crippen LogP contribution in [0, 0.1) is 18.3 Å². The van der Waals surface area contributed by atoms with E-state index in [0.717, 1.165) is 0 Å². The molecule has 0 heterocycles. The van der Waals surface area contributed by atoms with Crippen molar-refractivity contribution in [1.82, 2.24) is 4.72 Å².